The van der Waals surface area contributed by atoms with Crippen molar-refractivity contribution in [1.29, 1.82) is 0 Å². The summed E-state index contributed by atoms with van der Waals surface area (Å²) in [6.07, 6.45) is 1.12. The zero-order chi connectivity index (χ0) is 9.61. The summed E-state index contributed by atoms with van der Waals surface area (Å²) in [5, 5.41) is 20.2. The van der Waals surface area contributed by atoms with Crippen LogP contribution in [0.3, 0.4) is 0 Å². The van der Waals surface area contributed by atoms with E-state index in [4.69, 9.17) is 10.2 Å². The number of nitrogens with one attached hydrogen (secondary N) is 1. The maximum atomic E-state index is 10.7. The molecule has 0 aromatic rings. The number of aliphatic hydroxyl groups is 1. The highest BCUT2D eigenvalue weighted by atomic mass is 16.4. The summed E-state index contributed by atoms with van der Waals surface area (Å²) in [5.74, 6) is -0.845. The van der Waals surface area contributed by atoms with E-state index >= 15 is 0 Å². The molecule has 4 heteroatoms. The van der Waals surface area contributed by atoms with Crippen molar-refractivity contribution in [2.75, 3.05) is 13.2 Å². The van der Waals surface area contributed by atoms with E-state index in [1.54, 1.807) is 6.92 Å². The van der Waals surface area contributed by atoms with Gasteiger partial charge in [-0.2, -0.15) is 0 Å². The predicted molar refractivity (Wildman–Crippen MR) is 46.0 cm³/mol. The zero-order valence-corrected chi connectivity index (χ0v) is 7.63. The molecule has 0 bridgehead atoms. The maximum Gasteiger partial charge on any atom is 0.323 e. The molecule has 0 radical (unpaired) electrons. The number of aliphatic hydroxyl groups excluding tert-OH is 1. The molecule has 0 heterocycles. The van der Waals surface area contributed by atoms with E-state index in [2.05, 4.69) is 5.32 Å². The molecule has 0 saturated carbocycles. The molecular formula is C8H17NO3. The standard InChI is InChI=1S/C8H17NO3/c1-3-8(2,7(11)12)9-5-4-6-10/h9-10H,3-6H2,1-2H3,(H,11,12). The Morgan fingerprint density at radius 3 is 2.50 bits per heavy atom. The molecular weight excluding hydrogens is 158 g/mol. The minimum atomic E-state index is -0.852. The lowest BCUT2D eigenvalue weighted by atomic mass is 9.99. The largest absolute Gasteiger partial charge is 0.480 e. The van der Waals surface area contributed by atoms with Crippen molar-refractivity contribution >= 4 is 5.97 Å². The Labute approximate surface area is 72.6 Å². The van der Waals surface area contributed by atoms with Crippen LogP contribution in [0.1, 0.15) is 26.7 Å². The zero-order valence-electron chi connectivity index (χ0n) is 7.63. The molecule has 0 fully saturated rings. The van der Waals surface area contributed by atoms with E-state index in [0.29, 0.717) is 19.4 Å². The number of carboxylic acids is 1. The Morgan fingerprint density at radius 1 is 1.58 bits per heavy atom. The van der Waals surface area contributed by atoms with Crippen LogP contribution in [0.15, 0.2) is 0 Å². The maximum absolute atomic E-state index is 10.7. The minimum Gasteiger partial charge on any atom is -0.480 e. The summed E-state index contributed by atoms with van der Waals surface area (Å²) < 4.78 is 0. The molecule has 0 aromatic heterocycles. The molecule has 0 aliphatic rings. The molecule has 0 amide bonds. The number of hydrogen-bond acceptors (Lipinski definition) is 3. The van der Waals surface area contributed by atoms with Crippen LogP contribution in [0, 0.1) is 0 Å². The smallest absolute Gasteiger partial charge is 0.323 e. The fraction of sp³-hybridized carbons (Fsp3) is 0.875. The van der Waals surface area contributed by atoms with Crippen molar-refractivity contribution < 1.29 is 15.0 Å². The first-order valence-corrected chi connectivity index (χ1v) is 4.16. The van der Waals surface area contributed by atoms with Crippen molar-refractivity contribution in [3.63, 3.8) is 0 Å². The van der Waals surface area contributed by atoms with Gasteiger partial charge in [-0.3, -0.25) is 4.79 Å². The molecule has 3 N–H and O–H groups in total. The molecule has 0 rings (SSSR count). The Bertz CT molecular complexity index is 149. The van der Waals surface area contributed by atoms with Crippen molar-refractivity contribution in [1.82, 2.24) is 5.32 Å². The lowest BCUT2D eigenvalue weighted by Gasteiger charge is -2.24. The summed E-state index contributed by atoms with van der Waals surface area (Å²) in [6.45, 7) is 4.09. The average molecular weight is 175 g/mol. The fourth-order valence-corrected chi connectivity index (χ4v) is 0.795. The number of carboxylic acid groups (broad SMARTS) is 1. The van der Waals surface area contributed by atoms with Crippen LogP contribution in [-0.2, 0) is 4.79 Å². The van der Waals surface area contributed by atoms with Gasteiger partial charge in [-0.1, -0.05) is 6.92 Å². The molecule has 12 heavy (non-hydrogen) atoms. The SMILES string of the molecule is CCC(C)(NCCCO)C(=O)O. The monoisotopic (exact) mass is 175 g/mol. The van der Waals surface area contributed by atoms with E-state index < -0.39 is 11.5 Å². The summed E-state index contributed by atoms with van der Waals surface area (Å²) in [7, 11) is 0. The molecule has 0 aromatic carbocycles. The van der Waals surface area contributed by atoms with Gasteiger partial charge in [-0.15, -0.1) is 0 Å². The number of carbonyl (C=O) groups is 1. The highest BCUT2D eigenvalue weighted by Gasteiger charge is 2.29. The van der Waals surface area contributed by atoms with Crippen LogP contribution in [-0.4, -0.2) is 34.9 Å². The molecule has 0 aliphatic heterocycles. The van der Waals surface area contributed by atoms with E-state index in [0.717, 1.165) is 0 Å². The van der Waals surface area contributed by atoms with Crippen molar-refractivity contribution in [2.45, 2.75) is 32.2 Å². The van der Waals surface area contributed by atoms with Crippen LogP contribution >= 0.6 is 0 Å². The van der Waals surface area contributed by atoms with Gasteiger partial charge in [-0.05, 0) is 26.3 Å². The van der Waals surface area contributed by atoms with Crippen molar-refractivity contribution in [2.24, 2.45) is 0 Å². The van der Waals surface area contributed by atoms with Gasteiger partial charge in [0.2, 0.25) is 0 Å². The van der Waals surface area contributed by atoms with Gasteiger partial charge in [-0.25, -0.2) is 0 Å². The number of hydrogen-bond donors (Lipinski definition) is 3. The number of rotatable bonds is 6. The second kappa shape index (κ2) is 5.11. The summed E-state index contributed by atoms with van der Waals surface area (Å²) in [6, 6.07) is 0. The third-order valence-electron chi connectivity index (χ3n) is 2.03. The Balaban J connectivity index is 3.88. The quantitative estimate of drug-likeness (QED) is 0.505. The van der Waals surface area contributed by atoms with E-state index in [1.165, 1.54) is 0 Å². The summed E-state index contributed by atoms with van der Waals surface area (Å²) in [5.41, 5.74) is -0.852. The molecule has 0 spiro atoms. The topological polar surface area (TPSA) is 69.6 Å². The summed E-state index contributed by atoms with van der Waals surface area (Å²) in [4.78, 5) is 10.7. The fourth-order valence-electron chi connectivity index (χ4n) is 0.795. The van der Waals surface area contributed by atoms with Crippen LogP contribution < -0.4 is 5.32 Å². The molecule has 1 unspecified atom stereocenters. The second-order valence-electron chi connectivity index (χ2n) is 2.99. The molecule has 72 valence electrons. The van der Waals surface area contributed by atoms with Crippen LogP contribution in [0.25, 0.3) is 0 Å². The van der Waals surface area contributed by atoms with Crippen LogP contribution in [0.5, 0.6) is 0 Å². The van der Waals surface area contributed by atoms with Gasteiger partial charge in [0.1, 0.15) is 5.54 Å². The normalized spacial score (nSPS) is 15.6. The first kappa shape index (κ1) is 11.4. The Morgan fingerprint density at radius 2 is 2.17 bits per heavy atom. The first-order chi connectivity index (χ1) is 5.56. The Hall–Kier alpha value is -0.610. The van der Waals surface area contributed by atoms with Crippen LogP contribution in [0.2, 0.25) is 0 Å². The summed E-state index contributed by atoms with van der Waals surface area (Å²) >= 11 is 0. The molecule has 0 saturated heterocycles. The third kappa shape index (κ3) is 3.19. The van der Waals surface area contributed by atoms with Gasteiger partial charge < -0.3 is 15.5 Å². The first-order valence-electron chi connectivity index (χ1n) is 4.16. The second-order valence-corrected chi connectivity index (χ2v) is 2.99. The van der Waals surface area contributed by atoms with Gasteiger partial charge in [0.05, 0.1) is 0 Å². The molecule has 1 atom stereocenters. The lowest BCUT2D eigenvalue weighted by Crippen LogP contribution is -2.49. The minimum absolute atomic E-state index is 0.0897. The predicted octanol–water partition coefficient (Wildman–Crippen LogP) is 0.212. The molecule has 0 aliphatic carbocycles. The molecule has 4 nitrogen and oxygen atoms in total. The van der Waals surface area contributed by atoms with Gasteiger partial charge in [0.15, 0.2) is 0 Å². The highest BCUT2D eigenvalue weighted by Crippen LogP contribution is 2.08. The highest BCUT2D eigenvalue weighted by molar-refractivity contribution is 5.78. The third-order valence-corrected chi connectivity index (χ3v) is 2.03. The Kier molecular flexibility index (Phi) is 4.85. The van der Waals surface area contributed by atoms with Crippen molar-refractivity contribution in [3.8, 4) is 0 Å². The van der Waals surface area contributed by atoms with E-state index in [1.807, 2.05) is 6.92 Å². The van der Waals surface area contributed by atoms with E-state index in [9.17, 15) is 4.79 Å². The lowest BCUT2D eigenvalue weighted by molar-refractivity contribution is -0.144. The number of aliphatic carboxylic acids is 1. The van der Waals surface area contributed by atoms with Gasteiger partial charge >= 0.3 is 5.97 Å². The average Bonchev–Trinajstić information content (AvgIpc) is 2.04. The van der Waals surface area contributed by atoms with E-state index in [-0.39, 0.29) is 6.61 Å². The van der Waals surface area contributed by atoms with Gasteiger partial charge in [0, 0.05) is 6.61 Å². The van der Waals surface area contributed by atoms with Gasteiger partial charge in [0.25, 0.3) is 0 Å². The van der Waals surface area contributed by atoms with Crippen molar-refractivity contribution in [3.05, 3.63) is 0 Å². The van der Waals surface area contributed by atoms with Crippen LogP contribution in [0.4, 0.5) is 0 Å².